The van der Waals surface area contributed by atoms with Gasteiger partial charge in [0.15, 0.2) is 0 Å². The topological polar surface area (TPSA) is 141 Å². The molecule has 0 atom stereocenters. The third-order valence-corrected chi connectivity index (χ3v) is 0. The minimum Gasteiger partial charge on any atom is -0.820 e. The van der Waals surface area contributed by atoms with Crippen LogP contribution in [-0.2, 0) is 26.9 Å². The van der Waals surface area contributed by atoms with Crippen LogP contribution in [-0.4, -0.2) is 22.4 Å². The first-order valence-electron chi connectivity index (χ1n) is 1.26. The van der Waals surface area contributed by atoms with E-state index < -0.39 is 19.0 Å². The molecule has 10 heteroatoms. The molecule has 0 aromatic heterocycles. The van der Waals surface area contributed by atoms with Gasteiger partial charge in [-0.2, -0.15) is 17.0 Å². The molecule has 0 spiro atoms. The first-order valence-corrected chi connectivity index (χ1v) is 3.79. The zero-order valence-electron chi connectivity index (χ0n) is 4.15. The van der Waals surface area contributed by atoms with Crippen LogP contribution < -0.4 is 9.79 Å². The molecule has 7 nitrogen and oxygen atoms in total. The Bertz CT molecular complexity index is 125. The summed E-state index contributed by atoms with van der Waals surface area (Å²) in [6.45, 7) is 0. The maximum absolute atomic E-state index is 8.74. The molecule has 0 aliphatic rings. The quantitative estimate of drug-likeness (QED) is 0.236. The third-order valence-electron chi connectivity index (χ3n) is 0. The Hall–Kier alpha value is 0.674. The molecule has 66 valence electrons. The van der Waals surface area contributed by atoms with Gasteiger partial charge in [0.05, 0.1) is 0 Å². The minimum absolute atomic E-state index is 0. The van der Waals surface area contributed by atoms with E-state index in [1.807, 2.05) is 0 Å². The third kappa shape index (κ3) is 1130. The second kappa shape index (κ2) is 7.78. The largest absolute Gasteiger partial charge is 2.00 e. The fraction of sp³-hybridized carbons (Fsp3) is 0. The van der Waals surface area contributed by atoms with E-state index in [4.69, 9.17) is 32.2 Å². The smallest absolute Gasteiger partial charge is 0.820 e. The minimum atomic E-state index is -4.67. The van der Waals surface area contributed by atoms with Gasteiger partial charge in [-0.25, -0.2) is 0 Å². The summed E-state index contributed by atoms with van der Waals surface area (Å²) in [4.78, 5) is 24.2. The van der Waals surface area contributed by atoms with Gasteiger partial charge < -0.3 is 14.7 Å². The molecule has 0 saturated carbocycles. The van der Waals surface area contributed by atoms with Crippen molar-refractivity contribution in [2.75, 3.05) is 0 Å². The Labute approximate surface area is 68.2 Å². The molecule has 0 aliphatic heterocycles. The van der Waals surface area contributed by atoms with E-state index in [1.165, 1.54) is 0 Å². The molecule has 0 bridgehead atoms. The maximum Gasteiger partial charge on any atom is 2.00 e. The number of hydrogen-bond donors (Lipinski definition) is 3. The van der Waals surface area contributed by atoms with Crippen molar-refractivity contribution in [3.05, 3.63) is 0 Å². The van der Waals surface area contributed by atoms with Crippen LogP contribution in [0, 0.1) is 0 Å². The van der Waals surface area contributed by atoms with Gasteiger partial charge in [-0.1, -0.05) is 0 Å². The zero-order chi connectivity index (χ0) is 8.08. The van der Waals surface area contributed by atoms with Crippen LogP contribution in [0.3, 0.4) is 0 Å². The molecular weight excluding hydrogens is 234 g/mol. The summed E-state index contributed by atoms with van der Waals surface area (Å²) in [5, 5.41) is 0. The molecule has 0 aromatic carbocycles. The van der Waals surface area contributed by atoms with E-state index in [0.717, 1.165) is 0 Å². The number of hydrogen-bond acceptors (Lipinski definition) is 5. The van der Waals surface area contributed by atoms with Crippen molar-refractivity contribution < 1.29 is 48.7 Å². The van der Waals surface area contributed by atoms with Gasteiger partial charge in [-0.3, -0.25) is 9.11 Å². The van der Waals surface area contributed by atoms with Crippen molar-refractivity contribution in [3.63, 3.8) is 0 Å². The molecule has 0 saturated heterocycles. The molecular formula is H3NiO7PS. The zero-order valence-corrected chi connectivity index (χ0v) is 6.84. The monoisotopic (exact) mass is 236 g/mol. The fourth-order valence-corrected chi connectivity index (χ4v) is 0. The van der Waals surface area contributed by atoms with Crippen molar-refractivity contribution in [2.24, 2.45) is 0 Å². The van der Waals surface area contributed by atoms with Crippen molar-refractivity contribution in [2.45, 2.75) is 0 Å². The molecule has 0 radical (unpaired) electrons. The Morgan fingerprint density at radius 2 is 1.20 bits per heavy atom. The average Bonchev–Trinajstić information content (AvgIpc) is 1.19. The van der Waals surface area contributed by atoms with Crippen LogP contribution in [0.4, 0.5) is 0 Å². The standard InChI is InChI=1S/Ni.H2O4S.HO3P/c;1-5(2,3)4;1-4(2)3/h;(H2,1,2,3,4);1H/q+2;;-2. The summed E-state index contributed by atoms with van der Waals surface area (Å²) in [5.74, 6) is 0. The SMILES string of the molecule is O=S(=O)(O)O.[Ni+2].[O-]P([O-])O. The second-order valence-corrected chi connectivity index (χ2v) is 2.06. The van der Waals surface area contributed by atoms with E-state index in [2.05, 4.69) is 0 Å². The van der Waals surface area contributed by atoms with Crippen molar-refractivity contribution >= 4 is 19.0 Å². The molecule has 0 unspecified atom stereocenters. The predicted octanol–water partition coefficient (Wildman–Crippen LogP) is -2.73. The molecule has 3 N–H and O–H groups in total. The molecule has 0 fully saturated rings. The van der Waals surface area contributed by atoms with E-state index in [-0.39, 0.29) is 16.5 Å². The van der Waals surface area contributed by atoms with Gasteiger partial charge in [-0.05, 0) is 0 Å². The van der Waals surface area contributed by atoms with Crippen LogP contribution in [0.5, 0.6) is 0 Å². The molecule has 0 aliphatic carbocycles. The second-order valence-electron chi connectivity index (χ2n) is 0.686. The summed E-state index contributed by atoms with van der Waals surface area (Å²) >= 11 is 0. The van der Waals surface area contributed by atoms with Crippen molar-refractivity contribution in [1.82, 2.24) is 0 Å². The van der Waals surface area contributed by atoms with Crippen LogP contribution in [0.2, 0.25) is 0 Å². The molecule has 0 heterocycles. The van der Waals surface area contributed by atoms with Gasteiger partial charge in [0.1, 0.15) is 0 Å². The molecule has 0 amide bonds. The van der Waals surface area contributed by atoms with Gasteiger partial charge in [0, 0.05) is 0 Å². The normalized spacial score (nSPS) is 9.40. The van der Waals surface area contributed by atoms with Crippen LogP contribution in [0.1, 0.15) is 0 Å². The summed E-state index contributed by atoms with van der Waals surface area (Å²) < 4.78 is 31.6. The van der Waals surface area contributed by atoms with E-state index >= 15 is 0 Å². The number of rotatable bonds is 0. The van der Waals surface area contributed by atoms with Crippen LogP contribution >= 0.6 is 8.60 Å². The first kappa shape index (κ1) is 17.0. The Balaban J connectivity index is -0.0000000910. The summed E-state index contributed by atoms with van der Waals surface area (Å²) in [6, 6.07) is 0. The van der Waals surface area contributed by atoms with E-state index in [0.29, 0.717) is 0 Å². The Morgan fingerprint density at radius 1 is 1.20 bits per heavy atom. The maximum atomic E-state index is 8.74. The van der Waals surface area contributed by atoms with E-state index in [1.54, 1.807) is 0 Å². The molecule has 0 aromatic rings. The van der Waals surface area contributed by atoms with Crippen molar-refractivity contribution in [3.8, 4) is 0 Å². The summed E-state index contributed by atoms with van der Waals surface area (Å²) in [7, 11) is -7.79. The van der Waals surface area contributed by atoms with E-state index in [9.17, 15) is 0 Å². The average molecular weight is 237 g/mol. The van der Waals surface area contributed by atoms with Gasteiger partial charge >= 0.3 is 26.9 Å². The molecule has 10 heavy (non-hydrogen) atoms. The van der Waals surface area contributed by atoms with Gasteiger partial charge in [0.25, 0.3) is 0 Å². The summed E-state index contributed by atoms with van der Waals surface area (Å²) in [6.07, 6.45) is 0. The van der Waals surface area contributed by atoms with Crippen molar-refractivity contribution in [1.29, 1.82) is 0 Å². The fourth-order valence-electron chi connectivity index (χ4n) is 0. The Kier molecular flexibility index (Phi) is 13.2. The first-order chi connectivity index (χ1) is 3.73. The predicted molar refractivity (Wildman–Crippen MR) is 23.3 cm³/mol. The summed E-state index contributed by atoms with van der Waals surface area (Å²) in [5.41, 5.74) is 0. The van der Waals surface area contributed by atoms with Gasteiger partial charge in [-0.15, -0.1) is 0 Å². The van der Waals surface area contributed by atoms with Crippen LogP contribution in [0.15, 0.2) is 0 Å². The van der Waals surface area contributed by atoms with Crippen LogP contribution in [0.25, 0.3) is 0 Å². The van der Waals surface area contributed by atoms with Gasteiger partial charge in [0.2, 0.25) is 0 Å². The Morgan fingerprint density at radius 3 is 1.20 bits per heavy atom. The molecule has 0 rings (SSSR count).